The number of hydrogen-bond donors (Lipinski definition) is 1. The largest absolute Gasteiger partial charge is 0.493 e. The first-order chi connectivity index (χ1) is 10.8. The average molecular weight is 295 g/mol. The number of carbonyl (C=O) groups excluding carboxylic acids is 1. The zero-order chi connectivity index (χ0) is 15.2. The molecule has 0 atom stereocenters. The van der Waals surface area contributed by atoms with Gasteiger partial charge < -0.3 is 14.5 Å². The Labute approximate surface area is 128 Å². The minimum absolute atomic E-state index is 0.0589. The zero-order valence-electron chi connectivity index (χ0n) is 12.1. The first kappa shape index (κ1) is 14.2. The molecule has 2 aromatic carbocycles. The highest BCUT2D eigenvalue weighted by Gasteiger charge is 2.06. The molecule has 0 fully saturated rings. The first-order valence-corrected chi connectivity index (χ1v) is 7.23. The number of fused-ring (bicyclic) bond motifs is 1. The van der Waals surface area contributed by atoms with Gasteiger partial charge in [-0.25, -0.2) is 0 Å². The van der Waals surface area contributed by atoms with Gasteiger partial charge >= 0.3 is 0 Å². The van der Waals surface area contributed by atoms with Crippen molar-refractivity contribution in [3.8, 4) is 5.75 Å². The molecule has 0 aliphatic heterocycles. The van der Waals surface area contributed by atoms with E-state index in [9.17, 15) is 4.79 Å². The summed E-state index contributed by atoms with van der Waals surface area (Å²) in [5.41, 5.74) is 0.833. The van der Waals surface area contributed by atoms with E-state index < -0.39 is 0 Å². The van der Waals surface area contributed by atoms with E-state index in [0.717, 1.165) is 22.5 Å². The quantitative estimate of drug-likeness (QED) is 0.757. The molecule has 3 aromatic rings. The fraction of sp³-hybridized carbons (Fsp3) is 0.167. The van der Waals surface area contributed by atoms with E-state index in [2.05, 4.69) is 5.32 Å². The third kappa shape index (κ3) is 3.67. The number of rotatable bonds is 6. The van der Waals surface area contributed by atoms with Crippen molar-refractivity contribution >= 4 is 16.9 Å². The van der Waals surface area contributed by atoms with Crippen LogP contribution in [0.4, 0.5) is 0 Å². The molecule has 0 spiro atoms. The number of ether oxygens (including phenoxy) is 1. The van der Waals surface area contributed by atoms with E-state index in [1.165, 1.54) is 0 Å². The van der Waals surface area contributed by atoms with Crippen molar-refractivity contribution in [1.82, 2.24) is 5.32 Å². The molecule has 1 aromatic heterocycles. The number of carbonyl (C=O) groups is 1. The van der Waals surface area contributed by atoms with Crippen molar-refractivity contribution in [1.29, 1.82) is 0 Å². The molecule has 0 bridgehead atoms. The van der Waals surface area contributed by atoms with Crippen LogP contribution in [0.3, 0.4) is 0 Å². The van der Waals surface area contributed by atoms with Crippen LogP contribution in [0.2, 0.25) is 0 Å². The fourth-order valence-electron chi connectivity index (χ4n) is 2.18. The van der Waals surface area contributed by atoms with E-state index in [-0.39, 0.29) is 5.91 Å². The molecule has 22 heavy (non-hydrogen) atoms. The molecule has 0 saturated heterocycles. The third-order valence-corrected chi connectivity index (χ3v) is 3.28. The molecule has 1 heterocycles. The monoisotopic (exact) mass is 295 g/mol. The van der Waals surface area contributed by atoms with Crippen LogP contribution >= 0.6 is 0 Å². The summed E-state index contributed by atoms with van der Waals surface area (Å²) in [6.45, 7) is 0.745. The second-order valence-electron chi connectivity index (χ2n) is 4.94. The van der Waals surface area contributed by atoms with Crippen LogP contribution in [-0.4, -0.2) is 12.5 Å². The van der Waals surface area contributed by atoms with Crippen LogP contribution < -0.4 is 10.1 Å². The number of furan rings is 1. The number of para-hydroxylation sites is 2. The van der Waals surface area contributed by atoms with Crippen LogP contribution in [-0.2, 0) is 11.3 Å². The molecule has 4 nitrogen and oxygen atoms in total. The summed E-state index contributed by atoms with van der Waals surface area (Å²) in [5.74, 6) is 1.46. The molecule has 0 unspecified atom stereocenters. The van der Waals surface area contributed by atoms with Crippen molar-refractivity contribution in [2.24, 2.45) is 0 Å². The Bertz CT molecular complexity index is 716. The smallest absolute Gasteiger partial charge is 0.223 e. The van der Waals surface area contributed by atoms with Crippen LogP contribution in [0.1, 0.15) is 12.2 Å². The van der Waals surface area contributed by atoms with Gasteiger partial charge in [0.15, 0.2) is 0 Å². The summed E-state index contributed by atoms with van der Waals surface area (Å²) >= 11 is 0. The van der Waals surface area contributed by atoms with Gasteiger partial charge in [0.1, 0.15) is 17.1 Å². The summed E-state index contributed by atoms with van der Waals surface area (Å²) in [7, 11) is 0. The van der Waals surface area contributed by atoms with Crippen molar-refractivity contribution < 1.29 is 13.9 Å². The Morgan fingerprint density at radius 3 is 2.64 bits per heavy atom. The minimum atomic E-state index is -0.0589. The Morgan fingerprint density at radius 1 is 1.05 bits per heavy atom. The van der Waals surface area contributed by atoms with Crippen molar-refractivity contribution in [3.05, 3.63) is 66.4 Å². The SMILES string of the molecule is O=C(CCOc1ccccc1)NCc1cc2ccccc2o1. The molecular formula is C18H17NO3. The number of hydrogen-bond acceptors (Lipinski definition) is 3. The fourth-order valence-corrected chi connectivity index (χ4v) is 2.18. The maximum atomic E-state index is 11.8. The average Bonchev–Trinajstić information content (AvgIpc) is 2.97. The molecule has 1 amide bonds. The summed E-state index contributed by atoms with van der Waals surface area (Å²) < 4.78 is 11.1. The summed E-state index contributed by atoms with van der Waals surface area (Å²) in [4.78, 5) is 11.8. The Morgan fingerprint density at radius 2 is 1.82 bits per heavy atom. The molecule has 4 heteroatoms. The van der Waals surface area contributed by atoms with Crippen LogP contribution in [0, 0.1) is 0 Å². The third-order valence-electron chi connectivity index (χ3n) is 3.28. The predicted octanol–water partition coefficient (Wildman–Crippen LogP) is 3.52. The van der Waals surface area contributed by atoms with Crippen LogP contribution in [0.15, 0.2) is 65.1 Å². The Balaban J connectivity index is 1.44. The molecule has 0 aliphatic carbocycles. The van der Waals surface area contributed by atoms with Crippen molar-refractivity contribution in [3.63, 3.8) is 0 Å². The van der Waals surface area contributed by atoms with E-state index in [0.29, 0.717) is 19.6 Å². The lowest BCUT2D eigenvalue weighted by molar-refractivity contribution is -0.121. The van der Waals surface area contributed by atoms with Gasteiger partial charge in [-0.15, -0.1) is 0 Å². The lowest BCUT2D eigenvalue weighted by atomic mass is 10.2. The predicted molar refractivity (Wildman–Crippen MR) is 84.6 cm³/mol. The zero-order valence-corrected chi connectivity index (χ0v) is 12.1. The summed E-state index contributed by atoms with van der Waals surface area (Å²) in [6, 6.07) is 19.2. The van der Waals surface area contributed by atoms with Crippen LogP contribution in [0.25, 0.3) is 11.0 Å². The number of amides is 1. The number of nitrogens with one attached hydrogen (secondary N) is 1. The van der Waals surface area contributed by atoms with E-state index >= 15 is 0 Å². The van der Waals surface area contributed by atoms with E-state index in [1.807, 2.05) is 60.7 Å². The van der Waals surface area contributed by atoms with Gasteiger partial charge in [0, 0.05) is 5.39 Å². The summed E-state index contributed by atoms with van der Waals surface area (Å²) in [6.07, 6.45) is 0.315. The van der Waals surface area contributed by atoms with Gasteiger partial charge in [-0.2, -0.15) is 0 Å². The number of benzene rings is 2. The van der Waals surface area contributed by atoms with Crippen molar-refractivity contribution in [2.75, 3.05) is 6.61 Å². The molecule has 3 rings (SSSR count). The van der Waals surface area contributed by atoms with Gasteiger partial charge in [-0.1, -0.05) is 36.4 Å². The van der Waals surface area contributed by atoms with Crippen molar-refractivity contribution in [2.45, 2.75) is 13.0 Å². The molecular weight excluding hydrogens is 278 g/mol. The van der Waals surface area contributed by atoms with Gasteiger partial charge in [-0.3, -0.25) is 4.79 Å². The van der Waals surface area contributed by atoms with Gasteiger partial charge in [0.05, 0.1) is 19.6 Å². The standard InChI is InChI=1S/C18H17NO3/c20-18(10-11-21-15-7-2-1-3-8-15)19-13-16-12-14-6-4-5-9-17(14)22-16/h1-9,12H,10-11,13H2,(H,19,20). The molecule has 1 N–H and O–H groups in total. The lowest BCUT2D eigenvalue weighted by Crippen LogP contribution is -2.24. The van der Waals surface area contributed by atoms with E-state index in [4.69, 9.17) is 9.15 Å². The topological polar surface area (TPSA) is 51.5 Å². The maximum absolute atomic E-state index is 11.8. The summed E-state index contributed by atoms with van der Waals surface area (Å²) in [5, 5.41) is 3.87. The normalized spacial score (nSPS) is 10.5. The Kier molecular flexibility index (Phi) is 4.39. The first-order valence-electron chi connectivity index (χ1n) is 7.23. The van der Waals surface area contributed by atoms with Gasteiger partial charge in [0.25, 0.3) is 0 Å². The highest BCUT2D eigenvalue weighted by Crippen LogP contribution is 2.18. The maximum Gasteiger partial charge on any atom is 0.223 e. The minimum Gasteiger partial charge on any atom is -0.493 e. The molecule has 112 valence electrons. The second-order valence-corrected chi connectivity index (χ2v) is 4.94. The highest BCUT2D eigenvalue weighted by molar-refractivity contribution is 5.78. The molecule has 0 radical (unpaired) electrons. The van der Waals surface area contributed by atoms with E-state index in [1.54, 1.807) is 0 Å². The second kappa shape index (κ2) is 6.80. The molecule has 0 aliphatic rings. The van der Waals surface area contributed by atoms with Gasteiger partial charge in [0.2, 0.25) is 5.91 Å². The van der Waals surface area contributed by atoms with Crippen LogP contribution in [0.5, 0.6) is 5.75 Å². The highest BCUT2D eigenvalue weighted by atomic mass is 16.5. The lowest BCUT2D eigenvalue weighted by Gasteiger charge is -2.06. The van der Waals surface area contributed by atoms with Gasteiger partial charge in [-0.05, 0) is 24.3 Å². The Hall–Kier alpha value is -2.75. The molecule has 0 saturated carbocycles.